The molecule has 0 heterocycles. The van der Waals surface area contributed by atoms with E-state index in [0.717, 1.165) is 0 Å². The molecule has 0 amide bonds. The molecule has 21 heavy (non-hydrogen) atoms. The summed E-state index contributed by atoms with van der Waals surface area (Å²) >= 11 is 0. The Kier molecular flexibility index (Phi) is 5.63. The van der Waals surface area contributed by atoms with Crippen LogP contribution in [0, 0.1) is 0 Å². The highest BCUT2D eigenvalue weighted by Crippen LogP contribution is 2.23. The molecule has 0 saturated carbocycles. The summed E-state index contributed by atoms with van der Waals surface area (Å²) in [7, 11) is 0. The van der Waals surface area contributed by atoms with Crippen LogP contribution in [0.15, 0.2) is 30.3 Å². The van der Waals surface area contributed by atoms with E-state index in [0.29, 0.717) is 5.56 Å². The van der Waals surface area contributed by atoms with Crippen molar-refractivity contribution in [1.82, 2.24) is 0 Å². The smallest absolute Gasteiger partial charge is 0.321 e. The fourth-order valence-corrected chi connectivity index (χ4v) is 1.85. The van der Waals surface area contributed by atoms with Crippen molar-refractivity contribution in [1.29, 1.82) is 0 Å². The summed E-state index contributed by atoms with van der Waals surface area (Å²) in [6.07, 6.45) is -1.04. The van der Waals surface area contributed by atoms with Gasteiger partial charge in [0.05, 0.1) is 12.1 Å². The fourth-order valence-electron chi connectivity index (χ4n) is 1.85. The van der Waals surface area contributed by atoms with Crippen molar-refractivity contribution < 1.29 is 19.4 Å². The zero-order valence-corrected chi connectivity index (χ0v) is 12.9. The SMILES string of the molecule is C[C@@H](O)[C@H](N)C(=O)C(C(=O)OC(C)(C)C)c1ccccc1. The average molecular weight is 293 g/mol. The second-order valence-electron chi connectivity index (χ2n) is 6.05. The van der Waals surface area contributed by atoms with E-state index in [1.165, 1.54) is 6.92 Å². The Labute approximate surface area is 125 Å². The summed E-state index contributed by atoms with van der Waals surface area (Å²) in [4.78, 5) is 24.8. The number of esters is 1. The summed E-state index contributed by atoms with van der Waals surface area (Å²) in [6, 6.07) is 7.45. The number of aliphatic hydroxyl groups excluding tert-OH is 1. The van der Waals surface area contributed by atoms with Gasteiger partial charge in [-0.2, -0.15) is 0 Å². The largest absolute Gasteiger partial charge is 0.459 e. The predicted octanol–water partition coefficient (Wildman–Crippen LogP) is 1.39. The quantitative estimate of drug-likeness (QED) is 0.632. The van der Waals surface area contributed by atoms with E-state index in [9.17, 15) is 14.7 Å². The van der Waals surface area contributed by atoms with Gasteiger partial charge in [-0.25, -0.2) is 0 Å². The van der Waals surface area contributed by atoms with Crippen LogP contribution in [0.1, 0.15) is 39.2 Å². The molecule has 1 unspecified atom stereocenters. The molecule has 0 radical (unpaired) electrons. The van der Waals surface area contributed by atoms with Crippen LogP contribution in [0.4, 0.5) is 0 Å². The summed E-state index contributed by atoms with van der Waals surface area (Å²) in [5, 5.41) is 9.50. The molecule has 0 aliphatic rings. The molecule has 3 N–H and O–H groups in total. The van der Waals surface area contributed by atoms with Crippen LogP contribution in [0.25, 0.3) is 0 Å². The molecule has 1 aromatic carbocycles. The van der Waals surface area contributed by atoms with Crippen LogP contribution in [-0.2, 0) is 14.3 Å². The summed E-state index contributed by atoms with van der Waals surface area (Å²) in [6.45, 7) is 6.60. The molecule has 1 rings (SSSR count). The predicted molar refractivity (Wildman–Crippen MR) is 79.7 cm³/mol. The maximum absolute atomic E-state index is 12.4. The van der Waals surface area contributed by atoms with Crippen molar-refractivity contribution >= 4 is 11.8 Å². The minimum atomic E-state index is -1.14. The molecule has 0 saturated heterocycles. The minimum Gasteiger partial charge on any atom is -0.459 e. The number of Topliss-reactive ketones (excluding diaryl/α,β-unsaturated/α-hetero) is 1. The van der Waals surface area contributed by atoms with Crippen LogP contribution in [0.2, 0.25) is 0 Å². The normalized spacial score (nSPS) is 15.9. The van der Waals surface area contributed by atoms with Gasteiger partial charge in [0.2, 0.25) is 0 Å². The summed E-state index contributed by atoms with van der Waals surface area (Å²) in [5.41, 5.74) is 5.49. The van der Waals surface area contributed by atoms with Crippen molar-refractivity contribution in [2.75, 3.05) is 0 Å². The number of nitrogens with two attached hydrogens (primary N) is 1. The minimum absolute atomic E-state index is 0.507. The summed E-state index contributed by atoms with van der Waals surface area (Å²) in [5.74, 6) is -2.34. The van der Waals surface area contributed by atoms with E-state index >= 15 is 0 Å². The first-order valence-corrected chi connectivity index (χ1v) is 6.88. The maximum Gasteiger partial charge on any atom is 0.321 e. The highest BCUT2D eigenvalue weighted by atomic mass is 16.6. The molecule has 5 heteroatoms. The van der Waals surface area contributed by atoms with E-state index < -0.39 is 35.4 Å². The van der Waals surface area contributed by atoms with Gasteiger partial charge in [-0.05, 0) is 33.3 Å². The Bertz CT molecular complexity index is 491. The zero-order chi connectivity index (χ0) is 16.2. The number of ketones is 1. The number of aliphatic hydroxyl groups is 1. The number of carbonyl (C=O) groups is 2. The van der Waals surface area contributed by atoms with E-state index in [4.69, 9.17) is 10.5 Å². The number of hydrogen-bond acceptors (Lipinski definition) is 5. The molecule has 0 fully saturated rings. The van der Waals surface area contributed by atoms with E-state index in [1.54, 1.807) is 51.1 Å². The molecule has 116 valence electrons. The molecular formula is C16H23NO4. The Balaban J connectivity index is 3.13. The standard InChI is InChI=1S/C16H23NO4/c1-10(18)13(17)14(19)12(11-8-6-5-7-9-11)15(20)21-16(2,3)4/h5-10,12-13,18H,17H2,1-4H3/t10-,12?,13+/m1/s1. The molecule has 5 nitrogen and oxygen atoms in total. The average Bonchev–Trinajstić information content (AvgIpc) is 2.36. The van der Waals surface area contributed by atoms with Crippen LogP contribution >= 0.6 is 0 Å². The summed E-state index contributed by atoms with van der Waals surface area (Å²) < 4.78 is 5.31. The van der Waals surface area contributed by atoms with Gasteiger partial charge in [-0.15, -0.1) is 0 Å². The molecule has 1 aromatic rings. The second kappa shape index (κ2) is 6.83. The van der Waals surface area contributed by atoms with Gasteiger partial charge in [0.25, 0.3) is 0 Å². The lowest BCUT2D eigenvalue weighted by Crippen LogP contribution is -2.45. The zero-order valence-electron chi connectivity index (χ0n) is 12.9. The fraction of sp³-hybridized carbons (Fsp3) is 0.500. The third-order valence-electron chi connectivity index (χ3n) is 2.91. The number of hydrogen-bond donors (Lipinski definition) is 2. The van der Waals surface area contributed by atoms with Crippen molar-refractivity contribution in [2.45, 2.75) is 51.4 Å². The Morgan fingerprint density at radius 1 is 1.19 bits per heavy atom. The Morgan fingerprint density at radius 3 is 2.14 bits per heavy atom. The van der Waals surface area contributed by atoms with Crippen LogP contribution in [0.3, 0.4) is 0 Å². The van der Waals surface area contributed by atoms with Gasteiger partial charge in [0, 0.05) is 0 Å². The molecule has 3 atom stereocenters. The molecule has 0 aliphatic heterocycles. The van der Waals surface area contributed by atoms with E-state index in [-0.39, 0.29) is 0 Å². The molecule has 0 spiro atoms. The van der Waals surface area contributed by atoms with Crippen LogP contribution in [-0.4, -0.2) is 34.6 Å². The van der Waals surface area contributed by atoms with Crippen molar-refractivity contribution in [3.63, 3.8) is 0 Å². The number of carbonyl (C=O) groups excluding carboxylic acids is 2. The second-order valence-corrected chi connectivity index (χ2v) is 6.05. The maximum atomic E-state index is 12.4. The van der Waals surface area contributed by atoms with E-state index in [2.05, 4.69) is 0 Å². The lowest BCUT2D eigenvalue weighted by Gasteiger charge is -2.25. The van der Waals surface area contributed by atoms with Gasteiger partial charge in [-0.3, -0.25) is 9.59 Å². The first kappa shape index (κ1) is 17.3. The monoisotopic (exact) mass is 293 g/mol. The van der Waals surface area contributed by atoms with Crippen LogP contribution < -0.4 is 5.73 Å². The third-order valence-corrected chi connectivity index (χ3v) is 2.91. The molecule has 0 aromatic heterocycles. The third kappa shape index (κ3) is 4.95. The molecule has 0 aliphatic carbocycles. The van der Waals surface area contributed by atoms with Gasteiger partial charge in [0.15, 0.2) is 5.78 Å². The van der Waals surface area contributed by atoms with Gasteiger partial charge in [0.1, 0.15) is 11.5 Å². The molecular weight excluding hydrogens is 270 g/mol. The molecule has 0 bridgehead atoms. The first-order chi connectivity index (χ1) is 9.63. The Morgan fingerprint density at radius 2 is 1.71 bits per heavy atom. The van der Waals surface area contributed by atoms with Crippen LogP contribution in [0.5, 0.6) is 0 Å². The van der Waals surface area contributed by atoms with Crippen molar-refractivity contribution in [2.24, 2.45) is 5.73 Å². The lowest BCUT2D eigenvalue weighted by molar-refractivity contribution is -0.159. The van der Waals surface area contributed by atoms with Crippen molar-refractivity contribution in [3.8, 4) is 0 Å². The lowest BCUT2D eigenvalue weighted by atomic mass is 9.89. The van der Waals surface area contributed by atoms with Gasteiger partial charge >= 0.3 is 5.97 Å². The van der Waals surface area contributed by atoms with Gasteiger partial charge < -0.3 is 15.6 Å². The van der Waals surface area contributed by atoms with E-state index in [1.807, 2.05) is 0 Å². The highest BCUT2D eigenvalue weighted by Gasteiger charge is 2.36. The number of benzene rings is 1. The van der Waals surface area contributed by atoms with Crippen molar-refractivity contribution in [3.05, 3.63) is 35.9 Å². The number of rotatable bonds is 5. The highest BCUT2D eigenvalue weighted by molar-refractivity contribution is 6.07. The Hall–Kier alpha value is -1.72. The topological polar surface area (TPSA) is 89.6 Å². The number of ether oxygens (including phenoxy) is 1. The van der Waals surface area contributed by atoms with Gasteiger partial charge in [-0.1, -0.05) is 30.3 Å². The first-order valence-electron chi connectivity index (χ1n) is 6.88.